The molecular formula is C15H20O2. The summed E-state index contributed by atoms with van der Waals surface area (Å²) in [5, 5.41) is 0. The molecule has 0 aromatic heterocycles. The minimum absolute atomic E-state index is 0.0292. The maximum absolute atomic E-state index is 11.7. The van der Waals surface area contributed by atoms with Gasteiger partial charge in [-0.1, -0.05) is 25.7 Å². The topological polar surface area (TPSA) is 26.3 Å². The van der Waals surface area contributed by atoms with Crippen LogP contribution in [0.1, 0.15) is 39.0 Å². The Hall–Kier alpha value is -1.05. The highest BCUT2D eigenvalue weighted by Crippen LogP contribution is 2.57. The molecule has 2 heteroatoms. The first kappa shape index (κ1) is 11.1. The van der Waals surface area contributed by atoms with E-state index in [0.29, 0.717) is 16.9 Å². The van der Waals surface area contributed by atoms with E-state index in [1.165, 1.54) is 24.8 Å². The number of hydrogen-bond acceptors (Lipinski definition) is 2. The van der Waals surface area contributed by atoms with Gasteiger partial charge in [-0.15, -0.1) is 0 Å². The molecule has 0 amide bonds. The second-order valence-electron chi connectivity index (χ2n) is 6.18. The number of ether oxygens (including phenoxy) is 1. The molecule has 3 aliphatic rings. The first-order chi connectivity index (χ1) is 8.03. The summed E-state index contributed by atoms with van der Waals surface area (Å²) in [5.41, 5.74) is 2.27. The number of carbonyl (C=O) groups is 1. The molecule has 3 fully saturated rings. The van der Waals surface area contributed by atoms with E-state index in [9.17, 15) is 4.79 Å². The van der Waals surface area contributed by atoms with Crippen molar-refractivity contribution in [2.45, 2.75) is 45.1 Å². The minimum Gasteiger partial charge on any atom is -0.458 e. The quantitative estimate of drug-likeness (QED) is 0.364. The summed E-state index contributed by atoms with van der Waals surface area (Å²) in [4.78, 5) is 11.7. The zero-order valence-electron chi connectivity index (χ0n) is 10.5. The SMILES string of the molecule is C=C1C(=O)OC2C1CCC1(C)CCCC(=C)C21. The van der Waals surface area contributed by atoms with E-state index in [1.807, 2.05) is 0 Å². The zero-order valence-corrected chi connectivity index (χ0v) is 10.5. The smallest absolute Gasteiger partial charge is 0.334 e. The first-order valence-electron chi connectivity index (χ1n) is 6.60. The van der Waals surface area contributed by atoms with Crippen molar-refractivity contribution in [2.24, 2.45) is 17.3 Å². The fourth-order valence-corrected chi connectivity index (χ4v) is 4.19. The van der Waals surface area contributed by atoms with Gasteiger partial charge in [0.25, 0.3) is 0 Å². The van der Waals surface area contributed by atoms with Crippen LogP contribution in [0.25, 0.3) is 0 Å². The van der Waals surface area contributed by atoms with E-state index >= 15 is 0 Å². The molecule has 0 bridgehead atoms. The molecule has 1 heterocycles. The van der Waals surface area contributed by atoms with Crippen molar-refractivity contribution in [1.29, 1.82) is 0 Å². The van der Waals surface area contributed by atoms with Gasteiger partial charge >= 0.3 is 5.97 Å². The Morgan fingerprint density at radius 2 is 2.12 bits per heavy atom. The third-order valence-electron chi connectivity index (χ3n) is 5.14. The van der Waals surface area contributed by atoms with Gasteiger partial charge in [-0.2, -0.15) is 0 Å². The molecule has 2 aliphatic carbocycles. The molecule has 1 saturated heterocycles. The fourth-order valence-electron chi connectivity index (χ4n) is 4.19. The van der Waals surface area contributed by atoms with Crippen LogP contribution in [0.4, 0.5) is 0 Å². The molecule has 4 unspecified atom stereocenters. The normalized spacial score (nSPS) is 45.2. The maximum Gasteiger partial charge on any atom is 0.334 e. The summed E-state index contributed by atoms with van der Waals surface area (Å²) in [6.45, 7) is 10.5. The molecule has 0 spiro atoms. The molecule has 17 heavy (non-hydrogen) atoms. The summed E-state index contributed by atoms with van der Waals surface area (Å²) in [5.74, 6) is 0.427. The highest BCUT2D eigenvalue weighted by molar-refractivity contribution is 5.91. The van der Waals surface area contributed by atoms with Crippen molar-refractivity contribution in [2.75, 3.05) is 0 Å². The number of fused-ring (bicyclic) bond motifs is 3. The van der Waals surface area contributed by atoms with Crippen LogP contribution in [-0.4, -0.2) is 12.1 Å². The Balaban J connectivity index is 1.98. The van der Waals surface area contributed by atoms with Gasteiger partial charge in [0.05, 0.1) is 0 Å². The number of carbonyl (C=O) groups excluding carboxylic acids is 1. The van der Waals surface area contributed by atoms with Crippen LogP contribution < -0.4 is 0 Å². The van der Waals surface area contributed by atoms with E-state index in [-0.39, 0.29) is 18.0 Å². The van der Waals surface area contributed by atoms with Crippen LogP contribution in [0.5, 0.6) is 0 Å². The molecule has 2 nitrogen and oxygen atoms in total. The maximum atomic E-state index is 11.7. The molecule has 0 aromatic rings. The Bertz CT molecular complexity index is 409. The van der Waals surface area contributed by atoms with Crippen molar-refractivity contribution in [3.8, 4) is 0 Å². The van der Waals surface area contributed by atoms with Gasteiger partial charge in [0.1, 0.15) is 6.10 Å². The molecule has 0 N–H and O–H groups in total. The Morgan fingerprint density at radius 3 is 2.88 bits per heavy atom. The second-order valence-corrected chi connectivity index (χ2v) is 6.18. The molecule has 1 aliphatic heterocycles. The third-order valence-corrected chi connectivity index (χ3v) is 5.14. The fraction of sp³-hybridized carbons (Fsp3) is 0.667. The standard InChI is InChI=1S/C15H20O2/c1-9-5-4-7-15(3)8-6-11-10(2)14(16)17-13(11)12(9)15/h11-13H,1-2,4-8H2,3H3. The van der Waals surface area contributed by atoms with Gasteiger partial charge in [0.2, 0.25) is 0 Å². The summed E-state index contributed by atoms with van der Waals surface area (Å²) in [7, 11) is 0. The molecule has 0 radical (unpaired) electrons. The van der Waals surface area contributed by atoms with E-state index < -0.39 is 0 Å². The van der Waals surface area contributed by atoms with E-state index in [0.717, 1.165) is 12.8 Å². The van der Waals surface area contributed by atoms with E-state index in [1.54, 1.807) is 0 Å². The minimum atomic E-state index is -0.178. The van der Waals surface area contributed by atoms with Crippen molar-refractivity contribution in [1.82, 2.24) is 0 Å². The predicted molar refractivity (Wildman–Crippen MR) is 66.3 cm³/mol. The lowest BCUT2D eigenvalue weighted by Crippen LogP contribution is -2.46. The van der Waals surface area contributed by atoms with E-state index in [4.69, 9.17) is 4.74 Å². The molecule has 92 valence electrons. The Morgan fingerprint density at radius 1 is 1.35 bits per heavy atom. The Kier molecular flexibility index (Phi) is 2.26. The van der Waals surface area contributed by atoms with Gasteiger partial charge in [0, 0.05) is 17.4 Å². The second kappa shape index (κ2) is 3.47. The lowest BCUT2D eigenvalue weighted by Gasteiger charge is -2.50. The van der Waals surface area contributed by atoms with Crippen LogP contribution in [-0.2, 0) is 9.53 Å². The average molecular weight is 232 g/mol. The van der Waals surface area contributed by atoms with Crippen molar-refractivity contribution >= 4 is 5.97 Å². The summed E-state index contributed by atoms with van der Waals surface area (Å²) in [6, 6.07) is 0. The monoisotopic (exact) mass is 232 g/mol. The highest BCUT2D eigenvalue weighted by atomic mass is 16.6. The van der Waals surface area contributed by atoms with Gasteiger partial charge in [-0.05, 0) is 37.5 Å². The molecule has 3 rings (SSSR count). The van der Waals surface area contributed by atoms with Crippen LogP contribution in [0.2, 0.25) is 0 Å². The predicted octanol–water partition coefficient (Wildman–Crippen LogP) is 3.24. The van der Waals surface area contributed by atoms with Gasteiger partial charge in [-0.3, -0.25) is 0 Å². The third kappa shape index (κ3) is 1.42. The lowest BCUT2D eigenvalue weighted by atomic mass is 9.55. The average Bonchev–Trinajstić information content (AvgIpc) is 2.54. The summed E-state index contributed by atoms with van der Waals surface area (Å²) >= 11 is 0. The largest absolute Gasteiger partial charge is 0.458 e. The van der Waals surface area contributed by atoms with Gasteiger partial charge in [-0.25, -0.2) is 4.79 Å². The Labute approximate surface area is 103 Å². The molecule has 4 atom stereocenters. The molecular weight excluding hydrogens is 212 g/mol. The number of rotatable bonds is 0. The van der Waals surface area contributed by atoms with Crippen LogP contribution in [0.15, 0.2) is 24.3 Å². The van der Waals surface area contributed by atoms with Crippen molar-refractivity contribution in [3.63, 3.8) is 0 Å². The van der Waals surface area contributed by atoms with E-state index in [2.05, 4.69) is 20.1 Å². The molecule has 2 saturated carbocycles. The van der Waals surface area contributed by atoms with Crippen molar-refractivity contribution in [3.05, 3.63) is 24.3 Å². The van der Waals surface area contributed by atoms with Crippen LogP contribution in [0.3, 0.4) is 0 Å². The molecule has 0 aromatic carbocycles. The summed E-state index contributed by atoms with van der Waals surface area (Å²) in [6.07, 6.45) is 5.82. The van der Waals surface area contributed by atoms with Crippen molar-refractivity contribution < 1.29 is 9.53 Å². The summed E-state index contributed by atoms with van der Waals surface area (Å²) < 4.78 is 5.58. The number of hydrogen-bond donors (Lipinski definition) is 0. The zero-order chi connectivity index (χ0) is 12.2. The first-order valence-corrected chi connectivity index (χ1v) is 6.60. The highest BCUT2D eigenvalue weighted by Gasteiger charge is 2.54. The van der Waals surface area contributed by atoms with Crippen LogP contribution in [0, 0.1) is 17.3 Å². The van der Waals surface area contributed by atoms with Crippen LogP contribution >= 0.6 is 0 Å². The van der Waals surface area contributed by atoms with Gasteiger partial charge < -0.3 is 4.74 Å². The number of esters is 1. The van der Waals surface area contributed by atoms with Gasteiger partial charge in [0.15, 0.2) is 0 Å². The lowest BCUT2D eigenvalue weighted by molar-refractivity contribution is -0.145.